The van der Waals surface area contributed by atoms with Crippen LogP contribution in [0.15, 0.2) is 47.4 Å². The lowest BCUT2D eigenvalue weighted by Gasteiger charge is -2.23. The van der Waals surface area contributed by atoms with E-state index >= 15 is 0 Å². The number of hydrogen-bond acceptors (Lipinski definition) is 5. The molecule has 122 valence electrons. The van der Waals surface area contributed by atoms with Gasteiger partial charge >= 0.3 is 0 Å². The van der Waals surface area contributed by atoms with Gasteiger partial charge in [0.25, 0.3) is 10.0 Å². The molecule has 0 fully saturated rings. The fourth-order valence-corrected chi connectivity index (χ4v) is 3.46. The van der Waals surface area contributed by atoms with Gasteiger partial charge in [-0.2, -0.15) is 0 Å². The Bertz CT molecular complexity index is 802. The predicted octanol–water partition coefficient (Wildman–Crippen LogP) is 2.29. The van der Waals surface area contributed by atoms with Crippen LogP contribution in [0.1, 0.15) is 0 Å². The van der Waals surface area contributed by atoms with Crippen LogP contribution in [0.25, 0.3) is 0 Å². The van der Waals surface area contributed by atoms with E-state index in [0.717, 1.165) is 0 Å². The number of fused-ring (bicyclic) bond motifs is 1. The van der Waals surface area contributed by atoms with Crippen LogP contribution >= 0.6 is 0 Å². The van der Waals surface area contributed by atoms with Crippen molar-refractivity contribution in [3.8, 4) is 17.2 Å². The summed E-state index contributed by atoms with van der Waals surface area (Å²) in [4.78, 5) is 0.190. The Balaban J connectivity index is 1.92. The predicted molar refractivity (Wildman–Crippen MR) is 86.0 cm³/mol. The third-order valence-electron chi connectivity index (χ3n) is 3.61. The second-order valence-electron chi connectivity index (χ2n) is 4.98. The van der Waals surface area contributed by atoms with Gasteiger partial charge in [0.2, 0.25) is 0 Å². The lowest BCUT2D eigenvalue weighted by Crippen LogP contribution is -2.26. The number of rotatable bonds is 4. The van der Waals surface area contributed by atoms with E-state index in [1.54, 1.807) is 30.3 Å². The number of sulfonamides is 1. The molecule has 7 heteroatoms. The number of hydrogen-bond donors (Lipinski definition) is 0. The van der Waals surface area contributed by atoms with Crippen LogP contribution in [0.5, 0.6) is 17.2 Å². The maximum absolute atomic E-state index is 12.7. The number of anilines is 1. The van der Waals surface area contributed by atoms with E-state index in [0.29, 0.717) is 36.1 Å². The Hall–Kier alpha value is -2.41. The van der Waals surface area contributed by atoms with Crippen molar-refractivity contribution in [2.24, 2.45) is 0 Å². The minimum Gasteiger partial charge on any atom is -0.497 e. The highest BCUT2D eigenvalue weighted by Crippen LogP contribution is 2.35. The Morgan fingerprint density at radius 1 is 1.00 bits per heavy atom. The third-order valence-corrected chi connectivity index (χ3v) is 5.41. The zero-order valence-electron chi connectivity index (χ0n) is 12.9. The van der Waals surface area contributed by atoms with Crippen molar-refractivity contribution in [3.05, 3.63) is 42.5 Å². The minimum atomic E-state index is -3.66. The van der Waals surface area contributed by atoms with Gasteiger partial charge < -0.3 is 14.2 Å². The van der Waals surface area contributed by atoms with Gasteiger partial charge in [-0.15, -0.1) is 0 Å². The second kappa shape index (κ2) is 6.00. The van der Waals surface area contributed by atoms with Crippen molar-refractivity contribution < 1.29 is 22.6 Å². The molecule has 0 radical (unpaired) electrons. The molecule has 0 atom stereocenters. The monoisotopic (exact) mass is 335 g/mol. The molecule has 1 heterocycles. The quantitative estimate of drug-likeness (QED) is 0.858. The molecular weight excluding hydrogens is 318 g/mol. The summed E-state index contributed by atoms with van der Waals surface area (Å²) in [5.41, 5.74) is 0.505. The first kappa shape index (κ1) is 15.5. The van der Waals surface area contributed by atoms with Crippen molar-refractivity contribution in [1.82, 2.24) is 0 Å². The largest absolute Gasteiger partial charge is 0.497 e. The Labute approximate surface area is 135 Å². The molecule has 1 aliphatic rings. The first-order valence-electron chi connectivity index (χ1n) is 7.05. The molecule has 0 aromatic heterocycles. The minimum absolute atomic E-state index is 0.190. The van der Waals surface area contributed by atoms with Crippen LogP contribution in [0.3, 0.4) is 0 Å². The molecule has 2 aromatic rings. The number of methoxy groups -OCH3 is 1. The van der Waals surface area contributed by atoms with Crippen LogP contribution in [0, 0.1) is 0 Å². The molecule has 0 amide bonds. The lowest BCUT2D eigenvalue weighted by atomic mass is 10.2. The van der Waals surface area contributed by atoms with Gasteiger partial charge in [-0.1, -0.05) is 0 Å². The highest BCUT2D eigenvalue weighted by atomic mass is 32.2. The molecule has 0 saturated heterocycles. The van der Waals surface area contributed by atoms with Gasteiger partial charge in [-0.25, -0.2) is 8.42 Å². The van der Waals surface area contributed by atoms with Crippen molar-refractivity contribution in [2.45, 2.75) is 4.90 Å². The van der Waals surface area contributed by atoms with E-state index in [1.165, 1.54) is 30.6 Å². The summed E-state index contributed by atoms with van der Waals surface area (Å²) >= 11 is 0. The van der Waals surface area contributed by atoms with E-state index in [1.807, 2.05) is 0 Å². The van der Waals surface area contributed by atoms with Gasteiger partial charge in [0.15, 0.2) is 11.5 Å². The highest BCUT2D eigenvalue weighted by Gasteiger charge is 2.23. The van der Waals surface area contributed by atoms with E-state index < -0.39 is 10.0 Å². The van der Waals surface area contributed by atoms with Crippen LogP contribution in [0.2, 0.25) is 0 Å². The molecule has 0 unspecified atom stereocenters. The average molecular weight is 335 g/mol. The van der Waals surface area contributed by atoms with E-state index in [9.17, 15) is 8.42 Å². The maximum Gasteiger partial charge on any atom is 0.264 e. The average Bonchev–Trinajstić information content (AvgIpc) is 2.60. The zero-order valence-corrected chi connectivity index (χ0v) is 13.7. The number of ether oxygens (including phenoxy) is 3. The van der Waals surface area contributed by atoms with Crippen LogP contribution in [0.4, 0.5) is 5.69 Å². The van der Waals surface area contributed by atoms with Crippen molar-refractivity contribution in [1.29, 1.82) is 0 Å². The number of benzene rings is 2. The first-order chi connectivity index (χ1) is 11.0. The SMILES string of the molecule is COc1ccc(S(=O)(=O)N(C)c2ccc3c(c2)OCCO3)cc1. The highest BCUT2D eigenvalue weighted by molar-refractivity contribution is 7.92. The van der Waals surface area contributed by atoms with Crippen molar-refractivity contribution >= 4 is 15.7 Å². The lowest BCUT2D eigenvalue weighted by molar-refractivity contribution is 0.171. The molecule has 6 nitrogen and oxygen atoms in total. The van der Waals surface area contributed by atoms with Crippen LogP contribution in [-0.2, 0) is 10.0 Å². The Morgan fingerprint density at radius 3 is 2.30 bits per heavy atom. The van der Waals surface area contributed by atoms with Gasteiger partial charge in [-0.05, 0) is 36.4 Å². The third kappa shape index (κ3) is 2.92. The fourth-order valence-electron chi connectivity index (χ4n) is 2.27. The molecule has 3 rings (SSSR count). The summed E-state index contributed by atoms with van der Waals surface area (Å²) < 4.78 is 42.6. The first-order valence-corrected chi connectivity index (χ1v) is 8.49. The van der Waals surface area contributed by atoms with E-state index in [4.69, 9.17) is 14.2 Å². The molecule has 23 heavy (non-hydrogen) atoms. The van der Waals surface area contributed by atoms with Crippen molar-refractivity contribution in [3.63, 3.8) is 0 Å². The van der Waals surface area contributed by atoms with Crippen LogP contribution in [-0.4, -0.2) is 35.8 Å². The molecule has 0 bridgehead atoms. The van der Waals surface area contributed by atoms with Gasteiger partial charge in [0.05, 0.1) is 17.7 Å². The maximum atomic E-state index is 12.7. The molecular formula is C16H17NO5S. The number of nitrogens with zero attached hydrogens (tertiary/aromatic N) is 1. The van der Waals surface area contributed by atoms with E-state index in [-0.39, 0.29) is 4.90 Å². The summed E-state index contributed by atoms with van der Waals surface area (Å²) in [5, 5.41) is 0. The zero-order chi connectivity index (χ0) is 16.4. The molecule has 0 spiro atoms. The summed E-state index contributed by atoms with van der Waals surface area (Å²) in [7, 11) is -0.625. The van der Waals surface area contributed by atoms with Crippen molar-refractivity contribution in [2.75, 3.05) is 31.7 Å². The van der Waals surface area contributed by atoms with Gasteiger partial charge in [0.1, 0.15) is 19.0 Å². The molecule has 1 aliphatic heterocycles. The second-order valence-corrected chi connectivity index (χ2v) is 6.95. The van der Waals surface area contributed by atoms with Crippen LogP contribution < -0.4 is 18.5 Å². The normalized spacial score (nSPS) is 13.5. The molecule has 0 saturated carbocycles. The standard InChI is InChI=1S/C16H17NO5S/c1-17(12-3-8-15-16(11-12)22-10-9-21-15)23(18,19)14-6-4-13(20-2)5-7-14/h3-8,11H,9-10H2,1-2H3. The summed E-state index contributed by atoms with van der Waals surface area (Å²) in [5.74, 6) is 1.77. The van der Waals surface area contributed by atoms with Gasteiger partial charge in [0, 0.05) is 13.1 Å². The smallest absolute Gasteiger partial charge is 0.264 e. The summed E-state index contributed by atoms with van der Waals surface area (Å²) in [6.07, 6.45) is 0. The molecule has 0 N–H and O–H groups in total. The summed E-state index contributed by atoms with van der Waals surface area (Å²) in [6.45, 7) is 0.942. The topological polar surface area (TPSA) is 65.1 Å². The van der Waals surface area contributed by atoms with Gasteiger partial charge in [-0.3, -0.25) is 4.31 Å². The summed E-state index contributed by atoms with van der Waals surface area (Å²) in [6, 6.07) is 11.3. The molecule has 2 aromatic carbocycles. The Morgan fingerprint density at radius 2 is 1.65 bits per heavy atom. The van der Waals surface area contributed by atoms with E-state index in [2.05, 4.69) is 0 Å². The molecule has 0 aliphatic carbocycles. The fraction of sp³-hybridized carbons (Fsp3) is 0.250. The Kier molecular flexibility index (Phi) is 4.04.